The van der Waals surface area contributed by atoms with Gasteiger partial charge in [0, 0.05) is 19.4 Å². The van der Waals surface area contributed by atoms with Gasteiger partial charge in [0.1, 0.15) is 0 Å². The second-order valence-electron chi connectivity index (χ2n) is 6.92. The van der Waals surface area contributed by atoms with Crippen LogP contribution in [0.1, 0.15) is 41.3 Å². The molecule has 0 spiro atoms. The van der Waals surface area contributed by atoms with Gasteiger partial charge in [-0.2, -0.15) is 0 Å². The van der Waals surface area contributed by atoms with Crippen molar-refractivity contribution >= 4 is 29.4 Å². The van der Waals surface area contributed by atoms with E-state index in [9.17, 15) is 19.2 Å². The number of ether oxygens (including phenoxy) is 1. The van der Waals surface area contributed by atoms with Crippen LogP contribution in [-0.2, 0) is 25.7 Å². The summed E-state index contributed by atoms with van der Waals surface area (Å²) in [6.45, 7) is 3.82. The molecule has 0 bridgehead atoms. The van der Waals surface area contributed by atoms with Crippen LogP contribution < -0.4 is 10.2 Å². The first kappa shape index (κ1) is 20.3. The topological polar surface area (TPSA) is 92.8 Å². The summed E-state index contributed by atoms with van der Waals surface area (Å²) < 4.78 is 5.21. The Balaban J connectivity index is 1.54. The van der Waals surface area contributed by atoms with E-state index in [4.69, 9.17) is 4.74 Å². The third-order valence-corrected chi connectivity index (χ3v) is 4.65. The van der Waals surface area contributed by atoms with Crippen molar-refractivity contribution in [3.8, 4) is 0 Å². The lowest BCUT2D eigenvalue weighted by Gasteiger charge is -2.15. The number of anilines is 1. The van der Waals surface area contributed by atoms with Gasteiger partial charge in [0.15, 0.2) is 6.10 Å². The minimum atomic E-state index is -0.964. The molecule has 0 aromatic heterocycles. The van der Waals surface area contributed by atoms with Crippen molar-refractivity contribution in [2.75, 3.05) is 4.90 Å². The molecule has 0 aliphatic carbocycles. The predicted molar refractivity (Wildman–Crippen MR) is 106 cm³/mol. The summed E-state index contributed by atoms with van der Waals surface area (Å²) in [5.74, 6) is -1.58. The first-order chi connectivity index (χ1) is 13.8. The van der Waals surface area contributed by atoms with Crippen molar-refractivity contribution in [1.82, 2.24) is 5.32 Å². The Kier molecular flexibility index (Phi) is 6.07. The molecule has 1 fully saturated rings. The predicted octanol–water partition coefficient (Wildman–Crippen LogP) is 2.51. The number of carbonyl (C=O) groups excluding carboxylic acids is 4. The summed E-state index contributed by atoms with van der Waals surface area (Å²) in [6.07, 6.45) is -0.579. The fourth-order valence-electron chi connectivity index (χ4n) is 2.93. The molecule has 0 unspecified atom stereocenters. The van der Waals surface area contributed by atoms with Gasteiger partial charge in [-0.15, -0.1) is 0 Å². The zero-order chi connectivity index (χ0) is 21.0. The summed E-state index contributed by atoms with van der Waals surface area (Å²) >= 11 is 0. The molecule has 150 valence electrons. The normalized spacial score (nSPS) is 14.6. The maximum absolute atomic E-state index is 12.3. The first-order valence-corrected chi connectivity index (χ1v) is 9.35. The van der Waals surface area contributed by atoms with E-state index in [-0.39, 0.29) is 30.2 Å². The van der Waals surface area contributed by atoms with Crippen LogP contribution in [0.3, 0.4) is 0 Å². The Hall–Kier alpha value is -3.48. The number of amides is 3. The number of rotatable bonds is 6. The summed E-state index contributed by atoms with van der Waals surface area (Å²) in [6, 6.07) is 13.7. The zero-order valence-electron chi connectivity index (χ0n) is 16.3. The maximum Gasteiger partial charge on any atom is 0.338 e. The van der Waals surface area contributed by atoms with Gasteiger partial charge < -0.3 is 10.1 Å². The molecule has 1 N–H and O–H groups in total. The maximum atomic E-state index is 12.3. The highest BCUT2D eigenvalue weighted by Gasteiger charge is 2.30. The molecule has 1 atom stereocenters. The second kappa shape index (κ2) is 8.68. The molecule has 3 amide bonds. The van der Waals surface area contributed by atoms with Crippen LogP contribution in [0.25, 0.3) is 0 Å². The summed E-state index contributed by atoms with van der Waals surface area (Å²) in [4.78, 5) is 49.1. The highest BCUT2D eigenvalue weighted by molar-refractivity contribution is 6.19. The van der Waals surface area contributed by atoms with Gasteiger partial charge in [0.2, 0.25) is 11.8 Å². The SMILES string of the molecule is Cc1ccc(CNC(=O)[C@H](C)OC(=O)c2ccc(N3C(=O)CCC3=O)cc2)cc1. The highest BCUT2D eigenvalue weighted by Crippen LogP contribution is 2.23. The number of nitrogens with one attached hydrogen (secondary N) is 1. The Labute approximate surface area is 168 Å². The lowest BCUT2D eigenvalue weighted by atomic mass is 10.1. The zero-order valence-corrected chi connectivity index (χ0v) is 16.3. The average molecular weight is 394 g/mol. The van der Waals surface area contributed by atoms with Gasteiger partial charge in [-0.05, 0) is 43.7 Å². The van der Waals surface area contributed by atoms with E-state index in [0.717, 1.165) is 16.0 Å². The van der Waals surface area contributed by atoms with E-state index >= 15 is 0 Å². The smallest absolute Gasteiger partial charge is 0.338 e. The minimum absolute atomic E-state index is 0.192. The number of benzene rings is 2. The summed E-state index contributed by atoms with van der Waals surface area (Å²) in [5.41, 5.74) is 2.72. The molecule has 1 aliphatic heterocycles. The lowest BCUT2D eigenvalue weighted by molar-refractivity contribution is -0.129. The van der Waals surface area contributed by atoms with Crippen molar-refractivity contribution in [1.29, 1.82) is 0 Å². The average Bonchev–Trinajstić information content (AvgIpc) is 3.05. The van der Waals surface area contributed by atoms with Crippen molar-refractivity contribution in [2.24, 2.45) is 0 Å². The monoisotopic (exact) mass is 394 g/mol. The molecule has 0 radical (unpaired) electrons. The quantitative estimate of drug-likeness (QED) is 0.600. The summed E-state index contributed by atoms with van der Waals surface area (Å²) in [7, 11) is 0. The van der Waals surface area contributed by atoms with Crippen molar-refractivity contribution < 1.29 is 23.9 Å². The van der Waals surface area contributed by atoms with Crippen LogP contribution in [0, 0.1) is 6.92 Å². The number of hydrogen-bond donors (Lipinski definition) is 1. The number of nitrogens with zero attached hydrogens (tertiary/aromatic N) is 1. The molecular weight excluding hydrogens is 372 g/mol. The van der Waals surface area contributed by atoms with Crippen LogP contribution in [0.2, 0.25) is 0 Å². The third-order valence-electron chi connectivity index (χ3n) is 4.65. The third kappa shape index (κ3) is 4.87. The highest BCUT2D eigenvalue weighted by atomic mass is 16.5. The van der Waals surface area contributed by atoms with E-state index in [2.05, 4.69) is 5.32 Å². The van der Waals surface area contributed by atoms with E-state index in [1.807, 2.05) is 31.2 Å². The van der Waals surface area contributed by atoms with Crippen molar-refractivity contribution in [3.63, 3.8) is 0 Å². The minimum Gasteiger partial charge on any atom is -0.449 e. The molecule has 29 heavy (non-hydrogen) atoms. The van der Waals surface area contributed by atoms with E-state index in [1.165, 1.54) is 31.2 Å². The molecule has 7 heteroatoms. The van der Waals surface area contributed by atoms with Crippen molar-refractivity contribution in [3.05, 3.63) is 65.2 Å². The molecule has 1 heterocycles. The fraction of sp³-hybridized carbons (Fsp3) is 0.273. The van der Waals surface area contributed by atoms with Gasteiger partial charge in [0.25, 0.3) is 5.91 Å². The van der Waals surface area contributed by atoms with Crippen LogP contribution in [-0.4, -0.2) is 29.8 Å². The van der Waals surface area contributed by atoms with E-state index in [1.54, 1.807) is 0 Å². The largest absolute Gasteiger partial charge is 0.449 e. The molecule has 1 aliphatic rings. The molecule has 1 saturated heterocycles. The number of carbonyl (C=O) groups is 4. The van der Waals surface area contributed by atoms with Gasteiger partial charge in [-0.1, -0.05) is 29.8 Å². The second-order valence-corrected chi connectivity index (χ2v) is 6.92. The van der Waals surface area contributed by atoms with E-state index < -0.39 is 18.0 Å². The number of imide groups is 1. The Morgan fingerprint density at radius 2 is 1.59 bits per heavy atom. The standard InChI is InChI=1S/C22H22N2O5/c1-14-3-5-16(6-4-14)13-23-21(27)15(2)29-22(28)17-7-9-18(10-8-17)24-19(25)11-12-20(24)26/h3-10,15H,11-13H2,1-2H3,(H,23,27)/t15-/m0/s1. The Morgan fingerprint density at radius 1 is 1.00 bits per heavy atom. The number of aryl methyl sites for hydroxylation is 1. The van der Waals surface area contributed by atoms with Crippen LogP contribution in [0.5, 0.6) is 0 Å². The van der Waals surface area contributed by atoms with E-state index in [0.29, 0.717) is 12.2 Å². The molecule has 7 nitrogen and oxygen atoms in total. The van der Waals surface area contributed by atoms with Crippen LogP contribution in [0.15, 0.2) is 48.5 Å². The van der Waals surface area contributed by atoms with Crippen molar-refractivity contribution in [2.45, 2.75) is 39.3 Å². The van der Waals surface area contributed by atoms with Gasteiger partial charge in [0.05, 0.1) is 11.3 Å². The van der Waals surface area contributed by atoms with Gasteiger partial charge in [-0.25, -0.2) is 4.79 Å². The number of esters is 1. The summed E-state index contributed by atoms with van der Waals surface area (Å²) in [5, 5.41) is 2.73. The molecule has 3 rings (SSSR count). The number of hydrogen-bond acceptors (Lipinski definition) is 5. The van der Waals surface area contributed by atoms with Crippen LogP contribution in [0.4, 0.5) is 5.69 Å². The Morgan fingerprint density at radius 3 is 2.17 bits per heavy atom. The molecule has 0 saturated carbocycles. The molecule has 2 aromatic carbocycles. The van der Waals surface area contributed by atoms with Crippen LogP contribution >= 0.6 is 0 Å². The van der Waals surface area contributed by atoms with Gasteiger partial charge in [-0.3, -0.25) is 19.3 Å². The molecular formula is C22H22N2O5. The Bertz CT molecular complexity index is 919. The fourth-order valence-corrected chi connectivity index (χ4v) is 2.93. The first-order valence-electron chi connectivity index (χ1n) is 9.35. The van der Waals surface area contributed by atoms with Gasteiger partial charge >= 0.3 is 5.97 Å². The lowest BCUT2D eigenvalue weighted by Crippen LogP contribution is -2.35. The molecule has 2 aromatic rings.